The van der Waals surface area contributed by atoms with E-state index >= 15 is 0 Å². The molecule has 0 saturated heterocycles. The lowest BCUT2D eigenvalue weighted by molar-refractivity contribution is 0.101. The molecule has 10 nitrogen and oxygen atoms in total. The number of benzene rings is 2. The molecule has 0 aliphatic heterocycles. The number of methoxy groups -OCH3 is 1. The quantitative estimate of drug-likeness (QED) is 0.345. The van der Waals surface area contributed by atoms with Gasteiger partial charge in [-0.3, -0.25) is 14.2 Å². The molecule has 4 rings (SSSR count). The fourth-order valence-corrected chi connectivity index (χ4v) is 4.35. The molecule has 2 heterocycles. The Balaban J connectivity index is 1.90. The zero-order valence-corrected chi connectivity index (χ0v) is 21.5. The number of nitrogens with zero attached hydrogens (tertiary/aromatic N) is 4. The van der Waals surface area contributed by atoms with E-state index in [4.69, 9.17) is 25.6 Å². The van der Waals surface area contributed by atoms with Crippen LogP contribution < -0.4 is 25.2 Å². The standard InChI is InChI=1S/C26H26ClN5O5/c1-5-36-19-13-9-12-18(27)20(19)22(16-10-7-6-8-11-16)31(2)26-30-21(23(35-4)25(34)32(26)3)24(33)29-17-14-28-37-15-17/h6-15,22H,5H2,1-4H3,(H,29,33). The zero-order valence-electron chi connectivity index (χ0n) is 20.8. The van der Waals surface area contributed by atoms with Crippen molar-refractivity contribution in [2.45, 2.75) is 13.0 Å². The van der Waals surface area contributed by atoms with Crippen molar-refractivity contribution in [2.24, 2.45) is 7.05 Å². The largest absolute Gasteiger partial charge is 0.493 e. The molecule has 0 aliphatic rings. The second-order valence-corrected chi connectivity index (χ2v) is 8.44. The van der Waals surface area contributed by atoms with Crippen molar-refractivity contribution in [3.05, 3.63) is 93.2 Å². The third kappa shape index (κ3) is 5.14. The van der Waals surface area contributed by atoms with Crippen molar-refractivity contribution in [3.8, 4) is 11.5 Å². The highest BCUT2D eigenvalue weighted by atomic mass is 35.5. The second kappa shape index (κ2) is 11.2. The van der Waals surface area contributed by atoms with Crippen molar-refractivity contribution in [1.82, 2.24) is 14.7 Å². The minimum absolute atomic E-state index is 0.190. The van der Waals surface area contributed by atoms with Crippen LogP contribution in [0.5, 0.6) is 11.5 Å². The van der Waals surface area contributed by atoms with Crippen LogP contribution in [0.15, 0.2) is 70.3 Å². The lowest BCUT2D eigenvalue weighted by Gasteiger charge is -2.32. The van der Waals surface area contributed by atoms with E-state index in [9.17, 15) is 9.59 Å². The van der Waals surface area contributed by atoms with Gasteiger partial charge in [-0.15, -0.1) is 0 Å². The molecule has 0 aliphatic carbocycles. The number of ether oxygens (including phenoxy) is 2. The van der Waals surface area contributed by atoms with Gasteiger partial charge in [0.2, 0.25) is 11.7 Å². The topological polar surface area (TPSA) is 112 Å². The molecule has 1 atom stereocenters. The number of nitrogens with one attached hydrogen (secondary N) is 1. The van der Waals surface area contributed by atoms with Gasteiger partial charge in [0.05, 0.1) is 26.0 Å². The summed E-state index contributed by atoms with van der Waals surface area (Å²) in [6.45, 7) is 2.33. The first-order chi connectivity index (χ1) is 17.9. The summed E-state index contributed by atoms with van der Waals surface area (Å²) in [6.07, 6.45) is 2.59. The fourth-order valence-electron chi connectivity index (χ4n) is 4.08. The first kappa shape index (κ1) is 25.8. The number of hydrogen-bond donors (Lipinski definition) is 1. The van der Waals surface area contributed by atoms with E-state index in [2.05, 4.69) is 15.5 Å². The second-order valence-electron chi connectivity index (χ2n) is 8.03. The Bertz CT molecular complexity index is 1440. The van der Waals surface area contributed by atoms with Crippen LogP contribution >= 0.6 is 11.6 Å². The van der Waals surface area contributed by atoms with Crippen LogP contribution in [-0.2, 0) is 7.05 Å². The number of carbonyl (C=O) groups is 1. The van der Waals surface area contributed by atoms with E-state index in [-0.39, 0.29) is 17.4 Å². The highest BCUT2D eigenvalue weighted by Gasteiger charge is 2.30. The molecule has 1 amide bonds. The monoisotopic (exact) mass is 523 g/mol. The number of rotatable bonds is 9. The molecule has 0 fully saturated rings. The Hall–Kier alpha value is -4.31. The Morgan fingerprint density at radius 1 is 1.22 bits per heavy atom. The maximum atomic E-state index is 13.3. The van der Waals surface area contributed by atoms with Gasteiger partial charge in [0.1, 0.15) is 17.7 Å². The molecule has 1 unspecified atom stereocenters. The summed E-state index contributed by atoms with van der Waals surface area (Å²) >= 11 is 6.73. The van der Waals surface area contributed by atoms with Gasteiger partial charge in [0, 0.05) is 24.7 Å². The van der Waals surface area contributed by atoms with Crippen molar-refractivity contribution in [3.63, 3.8) is 0 Å². The van der Waals surface area contributed by atoms with Gasteiger partial charge in [-0.25, -0.2) is 4.98 Å². The number of carbonyl (C=O) groups excluding carboxylic acids is 1. The Morgan fingerprint density at radius 2 is 1.97 bits per heavy atom. The van der Waals surface area contributed by atoms with E-state index in [1.165, 1.54) is 24.1 Å². The maximum absolute atomic E-state index is 13.3. The average molecular weight is 524 g/mol. The molecule has 0 bridgehead atoms. The molecular weight excluding hydrogens is 498 g/mol. The maximum Gasteiger partial charge on any atom is 0.297 e. The Labute approximate surface area is 218 Å². The first-order valence-corrected chi connectivity index (χ1v) is 11.8. The highest BCUT2D eigenvalue weighted by molar-refractivity contribution is 6.31. The molecule has 37 heavy (non-hydrogen) atoms. The lowest BCUT2D eigenvalue weighted by atomic mass is 9.96. The minimum Gasteiger partial charge on any atom is -0.493 e. The molecule has 2 aromatic carbocycles. The molecule has 192 valence electrons. The number of hydrogen-bond acceptors (Lipinski definition) is 8. The SMILES string of the molecule is CCOc1cccc(Cl)c1C(c1ccccc1)N(C)c1nc(C(=O)Nc2cnoc2)c(OC)c(=O)n1C. The summed E-state index contributed by atoms with van der Waals surface area (Å²) in [5.41, 5.74) is 1.15. The van der Waals surface area contributed by atoms with Crippen LogP contribution in [0.25, 0.3) is 0 Å². The van der Waals surface area contributed by atoms with E-state index in [0.29, 0.717) is 28.6 Å². The van der Waals surface area contributed by atoms with Crippen LogP contribution in [0.2, 0.25) is 5.02 Å². The Kier molecular flexibility index (Phi) is 7.78. The molecule has 4 aromatic rings. The van der Waals surface area contributed by atoms with Gasteiger partial charge in [0.25, 0.3) is 11.5 Å². The van der Waals surface area contributed by atoms with E-state index in [1.54, 1.807) is 25.1 Å². The van der Waals surface area contributed by atoms with Crippen LogP contribution in [0, 0.1) is 0 Å². The first-order valence-electron chi connectivity index (χ1n) is 11.4. The molecule has 1 N–H and O–H groups in total. The van der Waals surface area contributed by atoms with Crippen molar-refractivity contribution < 1.29 is 18.8 Å². The summed E-state index contributed by atoms with van der Waals surface area (Å²) in [7, 11) is 4.64. The Morgan fingerprint density at radius 3 is 2.62 bits per heavy atom. The van der Waals surface area contributed by atoms with Gasteiger partial charge < -0.3 is 24.2 Å². The molecule has 11 heteroatoms. The normalized spacial score (nSPS) is 11.6. The molecule has 0 saturated carbocycles. The third-order valence-electron chi connectivity index (χ3n) is 5.74. The van der Waals surface area contributed by atoms with E-state index < -0.39 is 17.5 Å². The van der Waals surface area contributed by atoms with Crippen LogP contribution in [0.3, 0.4) is 0 Å². The summed E-state index contributed by atoms with van der Waals surface area (Å²) in [5.74, 6) is -0.0499. The van der Waals surface area contributed by atoms with Gasteiger partial charge in [0.15, 0.2) is 5.69 Å². The molecular formula is C26H26ClN5O5. The van der Waals surface area contributed by atoms with Crippen LogP contribution in [0.1, 0.15) is 34.6 Å². The average Bonchev–Trinajstić information content (AvgIpc) is 3.41. The highest BCUT2D eigenvalue weighted by Crippen LogP contribution is 2.40. The number of anilines is 2. The van der Waals surface area contributed by atoms with Gasteiger partial charge in [-0.05, 0) is 24.6 Å². The van der Waals surface area contributed by atoms with E-state index in [0.717, 1.165) is 5.56 Å². The van der Waals surface area contributed by atoms with Crippen LogP contribution in [-0.4, -0.2) is 41.4 Å². The molecule has 0 radical (unpaired) electrons. The van der Waals surface area contributed by atoms with Crippen molar-refractivity contribution >= 4 is 29.1 Å². The third-order valence-corrected chi connectivity index (χ3v) is 6.07. The molecule has 0 spiro atoms. The summed E-state index contributed by atoms with van der Waals surface area (Å²) < 4.78 is 17.3. The van der Waals surface area contributed by atoms with Crippen molar-refractivity contribution in [1.29, 1.82) is 0 Å². The molecule has 2 aromatic heterocycles. The lowest BCUT2D eigenvalue weighted by Crippen LogP contribution is -2.35. The summed E-state index contributed by atoms with van der Waals surface area (Å²) in [6, 6.07) is 14.5. The summed E-state index contributed by atoms with van der Waals surface area (Å²) in [4.78, 5) is 32.7. The predicted molar refractivity (Wildman–Crippen MR) is 140 cm³/mol. The van der Waals surface area contributed by atoms with Gasteiger partial charge in [-0.2, -0.15) is 0 Å². The van der Waals surface area contributed by atoms with Gasteiger partial charge >= 0.3 is 0 Å². The zero-order chi connectivity index (χ0) is 26.5. The predicted octanol–water partition coefficient (Wildman–Crippen LogP) is 4.31. The number of aromatic nitrogens is 3. The minimum atomic E-state index is -0.656. The smallest absolute Gasteiger partial charge is 0.297 e. The van der Waals surface area contributed by atoms with E-state index in [1.807, 2.05) is 49.4 Å². The number of halogens is 1. The van der Waals surface area contributed by atoms with Gasteiger partial charge in [-0.1, -0.05) is 53.2 Å². The van der Waals surface area contributed by atoms with Crippen molar-refractivity contribution in [2.75, 3.05) is 31.0 Å². The summed E-state index contributed by atoms with van der Waals surface area (Å²) in [5, 5.41) is 6.66. The van der Waals surface area contributed by atoms with Crippen LogP contribution in [0.4, 0.5) is 11.6 Å². The number of amides is 1. The fraction of sp³-hybridized carbons (Fsp3) is 0.231.